The molecule has 5 rings (SSSR count). The molecule has 1 unspecified atom stereocenters. The van der Waals surface area contributed by atoms with Crippen molar-refractivity contribution in [3.8, 4) is 6.07 Å². The van der Waals surface area contributed by atoms with Crippen LogP contribution < -0.4 is 5.32 Å². The Kier molecular flexibility index (Phi) is 13.9. The Labute approximate surface area is 316 Å². The Hall–Kier alpha value is -4.24. The van der Waals surface area contributed by atoms with E-state index in [0.29, 0.717) is 16.8 Å². The van der Waals surface area contributed by atoms with Crippen molar-refractivity contribution in [3.05, 3.63) is 101 Å². The fraction of sp³-hybridized carbons (Fsp3) is 0.439. The second-order valence-electron chi connectivity index (χ2n) is 14.4. The Morgan fingerprint density at radius 2 is 1.85 bits per heavy atom. The van der Waals surface area contributed by atoms with Crippen molar-refractivity contribution >= 4 is 46.1 Å². The molecule has 0 aliphatic carbocycles. The normalized spacial score (nSPS) is 14.9. The molecule has 52 heavy (non-hydrogen) atoms. The first kappa shape index (κ1) is 39.0. The molecule has 1 aliphatic heterocycles. The smallest absolute Gasteiger partial charge is 0.264 e. The predicted molar refractivity (Wildman–Crippen MR) is 210 cm³/mol. The molecule has 9 nitrogen and oxygen atoms in total. The summed E-state index contributed by atoms with van der Waals surface area (Å²) in [5, 5.41) is 13.4. The van der Waals surface area contributed by atoms with Gasteiger partial charge in [0.25, 0.3) is 5.91 Å². The summed E-state index contributed by atoms with van der Waals surface area (Å²) in [6.45, 7) is 11.2. The van der Waals surface area contributed by atoms with Crippen molar-refractivity contribution in [1.29, 1.82) is 5.26 Å². The minimum atomic E-state index is -0.267. The zero-order valence-electron chi connectivity index (χ0n) is 30.9. The molecule has 2 aromatic carbocycles. The molecular weight excluding hydrogens is 689 g/mol. The van der Waals surface area contributed by atoms with E-state index in [2.05, 4.69) is 78.2 Å². The zero-order valence-corrected chi connectivity index (χ0v) is 32.6. The molecule has 3 heterocycles. The van der Waals surface area contributed by atoms with E-state index in [1.165, 1.54) is 16.9 Å². The number of nitrogens with zero attached hydrogens (tertiary/aromatic N) is 5. The van der Waals surface area contributed by atoms with Gasteiger partial charge in [-0.2, -0.15) is 5.26 Å². The number of anilines is 1. The molecule has 0 radical (unpaired) electrons. The summed E-state index contributed by atoms with van der Waals surface area (Å²) in [6, 6.07) is 20.0. The van der Waals surface area contributed by atoms with Crippen molar-refractivity contribution in [2.75, 3.05) is 32.0 Å². The van der Waals surface area contributed by atoms with Crippen LogP contribution in [-0.2, 0) is 27.2 Å². The number of rotatable bonds is 15. The monoisotopic (exact) mass is 738 g/mol. The van der Waals surface area contributed by atoms with Crippen LogP contribution in [0.5, 0.6) is 0 Å². The van der Waals surface area contributed by atoms with Gasteiger partial charge < -0.3 is 19.5 Å². The van der Waals surface area contributed by atoms with Crippen LogP contribution in [-0.4, -0.2) is 58.3 Å². The summed E-state index contributed by atoms with van der Waals surface area (Å²) in [5.41, 5.74) is 3.23. The van der Waals surface area contributed by atoms with E-state index >= 15 is 0 Å². The summed E-state index contributed by atoms with van der Waals surface area (Å²) in [7, 11) is 1.79. The molecule has 1 N–H and O–H groups in total. The van der Waals surface area contributed by atoms with Crippen LogP contribution in [0.25, 0.3) is 6.08 Å². The third kappa shape index (κ3) is 10.9. The number of nitriles is 1. The lowest BCUT2D eigenvalue weighted by Crippen LogP contribution is -2.38. The highest BCUT2D eigenvalue weighted by Crippen LogP contribution is 2.33. The maximum absolute atomic E-state index is 13.4. The number of amides is 2. The average molecular weight is 739 g/mol. The maximum atomic E-state index is 13.4. The predicted octanol–water partition coefficient (Wildman–Crippen LogP) is 8.91. The lowest BCUT2D eigenvalue weighted by Gasteiger charge is -2.31. The number of nitrogens with one attached hydrogen (secondary N) is 1. The topological polar surface area (TPSA) is 115 Å². The standard InChI is InChI=1S/C41H50N6O3S2/c1-6-11-34(46(5)39(49)33(25-42)24-30-12-8-7-9-13-30)31-17-15-29(16-18-31)14-10-21-47-22-19-32(20-23-47)38(48)45-40-44-27-37(52-40)51-28-36-43-26-35(50-36)41(2,3)4/h7-9,12-13,15-18,24,26-27,32,34H,6,10-11,14,19-23,28H2,1-5H3,(H,44,45,48)/b33-24+. The number of carbonyl (C=O) groups excluding carboxylic acids is 2. The highest BCUT2D eigenvalue weighted by molar-refractivity contribution is 8.00. The van der Waals surface area contributed by atoms with Crippen molar-refractivity contribution in [2.45, 2.75) is 87.6 Å². The van der Waals surface area contributed by atoms with Gasteiger partial charge in [-0.05, 0) is 74.5 Å². The number of hydrogen-bond donors (Lipinski definition) is 1. The van der Waals surface area contributed by atoms with Crippen molar-refractivity contribution in [2.24, 2.45) is 5.92 Å². The van der Waals surface area contributed by atoms with E-state index in [4.69, 9.17) is 4.42 Å². The highest BCUT2D eigenvalue weighted by atomic mass is 32.2. The number of likely N-dealkylation sites (tertiary alicyclic amines) is 1. The Bertz CT molecular complexity index is 1830. The zero-order chi connectivity index (χ0) is 37.1. The number of oxazole rings is 1. The van der Waals surface area contributed by atoms with Crippen LogP contribution >= 0.6 is 23.1 Å². The van der Waals surface area contributed by atoms with Gasteiger partial charge in [-0.1, -0.05) is 100 Å². The SMILES string of the molecule is CCCC(c1ccc(CCCN2CCC(C(=O)Nc3ncc(SCc4ncc(C(C)(C)C)o4)s3)CC2)cc1)N(C)C(=O)/C(C#N)=C/c1ccccc1. The summed E-state index contributed by atoms with van der Waals surface area (Å²) in [6.07, 6.45) is 10.7. The first-order valence-electron chi connectivity index (χ1n) is 18.1. The van der Waals surface area contributed by atoms with Gasteiger partial charge in [-0.25, -0.2) is 9.97 Å². The highest BCUT2D eigenvalue weighted by Gasteiger charge is 2.26. The molecule has 11 heteroatoms. The fourth-order valence-corrected chi connectivity index (χ4v) is 8.06. The van der Waals surface area contributed by atoms with E-state index in [-0.39, 0.29) is 34.8 Å². The molecule has 1 atom stereocenters. The second-order valence-corrected chi connectivity index (χ2v) is 16.7. The molecule has 1 saturated heterocycles. The lowest BCUT2D eigenvalue weighted by molar-refractivity contribution is -0.127. The van der Waals surface area contributed by atoms with Gasteiger partial charge in [-0.15, -0.1) is 11.8 Å². The maximum Gasteiger partial charge on any atom is 0.264 e. The number of piperidine rings is 1. The van der Waals surface area contributed by atoms with Gasteiger partial charge >= 0.3 is 0 Å². The molecular formula is C41H50N6O3S2. The van der Waals surface area contributed by atoms with Gasteiger partial charge in [0, 0.05) is 18.4 Å². The number of hydrogen-bond acceptors (Lipinski definition) is 9. The van der Waals surface area contributed by atoms with Crippen LogP contribution in [0.1, 0.15) is 94.2 Å². The second kappa shape index (κ2) is 18.5. The number of aromatic nitrogens is 2. The van der Waals surface area contributed by atoms with Gasteiger partial charge in [0.15, 0.2) is 5.13 Å². The lowest BCUT2D eigenvalue weighted by atomic mass is 9.94. The Morgan fingerprint density at radius 1 is 1.12 bits per heavy atom. The third-order valence-corrected chi connectivity index (χ3v) is 11.5. The van der Waals surface area contributed by atoms with E-state index in [9.17, 15) is 14.9 Å². The van der Waals surface area contributed by atoms with Gasteiger partial charge in [0.05, 0.1) is 28.4 Å². The fourth-order valence-electron chi connectivity index (χ4n) is 6.33. The minimum Gasteiger partial charge on any atom is -0.444 e. The molecule has 1 aliphatic rings. The number of thiazole rings is 1. The van der Waals surface area contributed by atoms with Gasteiger partial charge in [0.2, 0.25) is 11.8 Å². The summed E-state index contributed by atoms with van der Waals surface area (Å²) in [5.74, 6) is 1.96. The molecule has 0 saturated carbocycles. The Morgan fingerprint density at radius 3 is 2.50 bits per heavy atom. The van der Waals surface area contributed by atoms with Crippen molar-refractivity contribution in [1.82, 2.24) is 19.8 Å². The van der Waals surface area contributed by atoms with E-state index in [1.54, 1.807) is 42.2 Å². The van der Waals surface area contributed by atoms with Crippen molar-refractivity contribution in [3.63, 3.8) is 0 Å². The van der Waals surface area contributed by atoms with Crippen LogP contribution in [0.2, 0.25) is 0 Å². The summed E-state index contributed by atoms with van der Waals surface area (Å²) >= 11 is 3.09. The van der Waals surface area contributed by atoms with Crippen molar-refractivity contribution < 1.29 is 14.0 Å². The largest absolute Gasteiger partial charge is 0.444 e. The Balaban J connectivity index is 1.03. The number of benzene rings is 2. The van der Waals surface area contributed by atoms with Crippen LogP contribution in [0, 0.1) is 17.2 Å². The first-order chi connectivity index (χ1) is 25.0. The third-order valence-electron chi connectivity index (χ3n) is 9.42. The van der Waals surface area contributed by atoms with E-state index < -0.39 is 0 Å². The summed E-state index contributed by atoms with van der Waals surface area (Å²) < 4.78 is 6.90. The minimum absolute atomic E-state index is 0.00826. The first-order valence-corrected chi connectivity index (χ1v) is 19.9. The van der Waals surface area contributed by atoms with Gasteiger partial charge in [0.1, 0.15) is 17.4 Å². The number of aryl methyl sites for hydroxylation is 1. The molecule has 1 fully saturated rings. The molecule has 2 aromatic heterocycles. The number of carbonyl (C=O) groups is 2. The number of likely N-dealkylation sites (N-methyl/N-ethyl adjacent to an activating group) is 1. The molecule has 4 aromatic rings. The van der Waals surface area contributed by atoms with E-state index in [0.717, 1.165) is 79.3 Å². The number of thioether (sulfide) groups is 1. The summed E-state index contributed by atoms with van der Waals surface area (Å²) in [4.78, 5) is 39.4. The molecule has 0 spiro atoms. The van der Waals surface area contributed by atoms with Gasteiger partial charge in [-0.3, -0.25) is 9.59 Å². The molecule has 274 valence electrons. The quantitative estimate of drug-likeness (QED) is 0.0731. The van der Waals surface area contributed by atoms with Crippen LogP contribution in [0.3, 0.4) is 0 Å². The van der Waals surface area contributed by atoms with Crippen LogP contribution in [0.4, 0.5) is 5.13 Å². The van der Waals surface area contributed by atoms with E-state index in [1.807, 2.05) is 30.3 Å². The van der Waals surface area contributed by atoms with Crippen LogP contribution in [0.15, 0.2) is 81.2 Å². The molecule has 0 bridgehead atoms. The average Bonchev–Trinajstić information content (AvgIpc) is 3.82. The molecule has 2 amide bonds.